The monoisotopic (exact) mass is 449 g/mol. The summed E-state index contributed by atoms with van der Waals surface area (Å²) in [5, 5.41) is 0.659. The number of hydrogen-bond donors (Lipinski definition) is 1. The molecule has 1 N–H and O–H groups in total. The number of pyridine rings is 1. The molecule has 2 heterocycles. The lowest BCUT2D eigenvalue weighted by atomic mass is 10.1. The highest BCUT2D eigenvalue weighted by Gasteiger charge is 2.13. The highest BCUT2D eigenvalue weighted by Crippen LogP contribution is 2.27. The molecule has 4 rings (SSSR count). The summed E-state index contributed by atoms with van der Waals surface area (Å²) in [6.07, 6.45) is 0.578. The largest absolute Gasteiger partial charge is 0.493 e. The SMILES string of the molecule is COC(=O)c1ccc2nc(-c3cccc(Cc4cc(Cl)ccc4OCC(C)C)n3)[nH]c2c1. The molecule has 32 heavy (non-hydrogen) atoms. The van der Waals surface area contributed by atoms with Crippen molar-refractivity contribution in [3.8, 4) is 17.3 Å². The van der Waals surface area contributed by atoms with Gasteiger partial charge in [0.05, 0.1) is 30.3 Å². The van der Waals surface area contributed by atoms with E-state index in [4.69, 9.17) is 26.1 Å². The lowest BCUT2D eigenvalue weighted by Gasteiger charge is -2.13. The van der Waals surface area contributed by atoms with Gasteiger partial charge in [-0.05, 0) is 54.4 Å². The molecule has 0 amide bonds. The van der Waals surface area contributed by atoms with Crippen LogP contribution in [0.5, 0.6) is 5.75 Å². The Balaban J connectivity index is 1.62. The summed E-state index contributed by atoms with van der Waals surface area (Å²) in [5.74, 6) is 1.48. The fourth-order valence-corrected chi connectivity index (χ4v) is 3.56. The van der Waals surface area contributed by atoms with Gasteiger partial charge in [0.25, 0.3) is 0 Å². The number of methoxy groups -OCH3 is 1. The van der Waals surface area contributed by atoms with Gasteiger partial charge >= 0.3 is 5.97 Å². The molecule has 4 aromatic rings. The summed E-state index contributed by atoms with van der Waals surface area (Å²) in [5.41, 5.74) is 4.52. The lowest BCUT2D eigenvalue weighted by molar-refractivity contribution is 0.0601. The summed E-state index contributed by atoms with van der Waals surface area (Å²) < 4.78 is 10.8. The Kier molecular flexibility index (Phi) is 6.42. The molecular formula is C25H24ClN3O3. The zero-order valence-electron chi connectivity index (χ0n) is 18.2. The fourth-order valence-electron chi connectivity index (χ4n) is 3.36. The zero-order chi connectivity index (χ0) is 22.7. The van der Waals surface area contributed by atoms with Crippen LogP contribution in [-0.4, -0.2) is 34.6 Å². The van der Waals surface area contributed by atoms with Crippen LogP contribution in [0.3, 0.4) is 0 Å². The molecule has 0 saturated carbocycles. The second-order valence-electron chi connectivity index (χ2n) is 7.96. The topological polar surface area (TPSA) is 77.1 Å². The Morgan fingerprint density at radius 2 is 1.94 bits per heavy atom. The molecule has 0 aliphatic rings. The van der Waals surface area contributed by atoms with E-state index in [1.165, 1.54) is 7.11 Å². The fraction of sp³-hybridized carbons (Fsp3) is 0.240. The van der Waals surface area contributed by atoms with Crippen molar-refractivity contribution < 1.29 is 14.3 Å². The first kappa shape index (κ1) is 21.8. The number of aromatic nitrogens is 3. The van der Waals surface area contributed by atoms with Crippen molar-refractivity contribution in [1.29, 1.82) is 0 Å². The minimum absolute atomic E-state index is 0.389. The Hall–Kier alpha value is -3.38. The van der Waals surface area contributed by atoms with E-state index in [0.29, 0.717) is 41.1 Å². The van der Waals surface area contributed by atoms with Gasteiger partial charge in [0, 0.05) is 22.7 Å². The van der Waals surface area contributed by atoms with Crippen LogP contribution in [0, 0.1) is 5.92 Å². The number of aromatic amines is 1. The molecule has 0 bridgehead atoms. The molecule has 164 valence electrons. The third-order valence-corrected chi connectivity index (χ3v) is 5.15. The number of rotatable bonds is 7. The first-order valence-electron chi connectivity index (χ1n) is 10.4. The molecule has 7 heteroatoms. The van der Waals surface area contributed by atoms with Crippen molar-refractivity contribution in [3.05, 3.63) is 76.4 Å². The molecular weight excluding hydrogens is 426 g/mol. The lowest BCUT2D eigenvalue weighted by Crippen LogP contribution is -2.06. The van der Waals surface area contributed by atoms with E-state index in [-0.39, 0.29) is 5.97 Å². The van der Waals surface area contributed by atoms with Gasteiger partial charge < -0.3 is 14.5 Å². The van der Waals surface area contributed by atoms with Crippen LogP contribution in [-0.2, 0) is 11.2 Å². The average molecular weight is 450 g/mol. The Bertz CT molecular complexity index is 1270. The van der Waals surface area contributed by atoms with Gasteiger partial charge in [-0.25, -0.2) is 14.8 Å². The van der Waals surface area contributed by atoms with Crippen molar-refractivity contribution in [2.24, 2.45) is 5.92 Å². The van der Waals surface area contributed by atoms with E-state index in [9.17, 15) is 4.79 Å². The number of esters is 1. The number of nitrogens with zero attached hydrogens (tertiary/aromatic N) is 2. The van der Waals surface area contributed by atoms with Crippen molar-refractivity contribution in [1.82, 2.24) is 15.0 Å². The van der Waals surface area contributed by atoms with E-state index in [1.54, 1.807) is 18.2 Å². The van der Waals surface area contributed by atoms with Crippen LogP contribution < -0.4 is 4.74 Å². The smallest absolute Gasteiger partial charge is 0.337 e. The van der Waals surface area contributed by atoms with E-state index < -0.39 is 0 Å². The van der Waals surface area contributed by atoms with E-state index in [0.717, 1.165) is 28.0 Å². The number of halogens is 1. The maximum Gasteiger partial charge on any atom is 0.337 e. The predicted octanol–water partition coefficient (Wildman–Crippen LogP) is 5.69. The van der Waals surface area contributed by atoms with Crippen molar-refractivity contribution in [2.75, 3.05) is 13.7 Å². The molecule has 0 aliphatic carbocycles. The van der Waals surface area contributed by atoms with Crippen LogP contribution in [0.15, 0.2) is 54.6 Å². The summed E-state index contributed by atoms with van der Waals surface area (Å²) in [6.45, 7) is 4.86. The Morgan fingerprint density at radius 3 is 2.72 bits per heavy atom. The molecule has 0 saturated heterocycles. The number of fused-ring (bicyclic) bond motifs is 1. The number of nitrogens with one attached hydrogen (secondary N) is 1. The number of hydrogen-bond acceptors (Lipinski definition) is 5. The maximum atomic E-state index is 11.8. The second kappa shape index (κ2) is 9.40. The van der Waals surface area contributed by atoms with Crippen molar-refractivity contribution in [3.63, 3.8) is 0 Å². The van der Waals surface area contributed by atoms with Crippen molar-refractivity contribution >= 4 is 28.6 Å². The van der Waals surface area contributed by atoms with Crippen LogP contribution >= 0.6 is 11.6 Å². The molecule has 0 atom stereocenters. The molecule has 6 nitrogen and oxygen atoms in total. The van der Waals surface area contributed by atoms with Crippen LogP contribution in [0.2, 0.25) is 5.02 Å². The number of H-pyrrole nitrogens is 1. The third kappa shape index (κ3) is 4.92. The zero-order valence-corrected chi connectivity index (χ0v) is 18.9. The van der Waals surface area contributed by atoms with Gasteiger partial charge in [-0.1, -0.05) is 31.5 Å². The maximum absolute atomic E-state index is 11.8. The summed E-state index contributed by atoms with van der Waals surface area (Å²) in [6, 6.07) is 16.7. The van der Waals surface area contributed by atoms with Gasteiger partial charge in [0.1, 0.15) is 11.4 Å². The van der Waals surface area contributed by atoms with E-state index in [2.05, 4.69) is 23.8 Å². The minimum Gasteiger partial charge on any atom is -0.493 e. The Morgan fingerprint density at radius 1 is 1.09 bits per heavy atom. The molecule has 0 aliphatic heterocycles. The van der Waals surface area contributed by atoms with E-state index in [1.807, 2.05) is 36.4 Å². The molecule has 2 aromatic heterocycles. The van der Waals surface area contributed by atoms with Gasteiger partial charge in [0.2, 0.25) is 0 Å². The number of benzene rings is 2. The standard InChI is InChI=1S/C25H24ClN3O3/c1-15(2)14-32-23-10-8-18(26)11-17(23)12-19-5-4-6-21(27-19)24-28-20-9-7-16(25(30)31-3)13-22(20)29-24/h4-11,13,15H,12,14H2,1-3H3,(H,28,29). The summed E-state index contributed by atoms with van der Waals surface area (Å²) in [7, 11) is 1.36. The molecule has 2 aromatic carbocycles. The molecule has 0 radical (unpaired) electrons. The normalized spacial score (nSPS) is 11.2. The Labute approximate surface area is 191 Å². The average Bonchev–Trinajstić information content (AvgIpc) is 3.21. The summed E-state index contributed by atoms with van der Waals surface area (Å²) >= 11 is 6.24. The number of ether oxygens (including phenoxy) is 2. The number of imidazole rings is 1. The third-order valence-electron chi connectivity index (χ3n) is 4.92. The first-order valence-corrected chi connectivity index (χ1v) is 10.8. The molecule has 0 spiro atoms. The molecule has 0 fully saturated rings. The quantitative estimate of drug-likeness (QED) is 0.367. The van der Waals surface area contributed by atoms with Crippen molar-refractivity contribution in [2.45, 2.75) is 20.3 Å². The predicted molar refractivity (Wildman–Crippen MR) is 125 cm³/mol. The van der Waals surface area contributed by atoms with E-state index >= 15 is 0 Å². The van der Waals surface area contributed by atoms with Gasteiger partial charge in [-0.15, -0.1) is 0 Å². The highest BCUT2D eigenvalue weighted by atomic mass is 35.5. The van der Waals surface area contributed by atoms with Gasteiger partial charge in [-0.3, -0.25) is 0 Å². The number of carbonyl (C=O) groups is 1. The first-order chi connectivity index (χ1) is 15.4. The molecule has 0 unspecified atom stereocenters. The number of carbonyl (C=O) groups excluding carboxylic acids is 1. The van der Waals surface area contributed by atoms with Gasteiger partial charge in [-0.2, -0.15) is 0 Å². The minimum atomic E-state index is -0.389. The van der Waals surface area contributed by atoms with Crippen LogP contribution in [0.25, 0.3) is 22.6 Å². The van der Waals surface area contributed by atoms with Crippen LogP contribution in [0.4, 0.5) is 0 Å². The van der Waals surface area contributed by atoms with Crippen LogP contribution in [0.1, 0.15) is 35.5 Å². The highest BCUT2D eigenvalue weighted by molar-refractivity contribution is 6.30. The van der Waals surface area contributed by atoms with Gasteiger partial charge in [0.15, 0.2) is 5.82 Å². The summed E-state index contributed by atoms with van der Waals surface area (Å²) in [4.78, 5) is 24.5. The second-order valence-corrected chi connectivity index (χ2v) is 8.39.